The number of anilines is 2. The number of aromatic nitrogens is 2. The van der Waals surface area contributed by atoms with E-state index in [0.717, 1.165) is 32.0 Å². The van der Waals surface area contributed by atoms with Crippen LogP contribution in [-0.2, 0) is 4.74 Å². The highest BCUT2D eigenvalue weighted by Gasteiger charge is 2.14. The number of nitrogens with one attached hydrogen (secondary N) is 2. The zero-order valence-electron chi connectivity index (χ0n) is 10.5. The maximum Gasteiger partial charge on any atom is 0.191 e. The Kier molecular flexibility index (Phi) is 5.03. The first-order valence-electron chi connectivity index (χ1n) is 6.03. The molecule has 1 fully saturated rings. The van der Waals surface area contributed by atoms with Crippen LogP contribution in [0.1, 0.15) is 12.8 Å². The summed E-state index contributed by atoms with van der Waals surface area (Å²) in [6.07, 6.45) is 4.28. The van der Waals surface area contributed by atoms with E-state index >= 15 is 0 Å². The SMILES string of the molecule is CSc1nc(NN)cc(NCC2CCCOC2)n1. The first-order chi connectivity index (χ1) is 8.81. The number of ether oxygens (including phenoxy) is 1. The van der Waals surface area contributed by atoms with Gasteiger partial charge in [0.25, 0.3) is 0 Å². The summed E-state index contributed by atoms with van der Waals surface area (Å²) in [6, 6.07) is 1.81. The van der Waals surface area contributed by atoms with Gasteiger partial charge in [-0.2, -0.15) is 0 Å². The zero-order chi connectivity index (χ0) is 12.8. The molecule has 0 aromatic carbocycles. The van der Waals surface area contributed by atoms with E-state index in [1.54, 1.807) is 0 Å². The van der Waals surface area contributed by atoms with E-state index in [1.165, 1.54) is 18.2 Å². The summed E-state index contributed by atoms with van der Waals surface area (Å²) in [5, 5.41) is 4.03. The fraction of sp³-hybridized carbons (Fsp3) is 0.636. The van der Waals surface area contributed by atoms with Gasteiger partial charge in [0.15, 0.2) is 5.16 Å². The molecule has 1 atom stereocenters. The summed E-state index contributed by atoms with van der Waals surface area (Å²) < 4.78 is 5.45. The molecular weight excluding hydrogens is 250 g/mol. The molecule has 1 aliphatic heterocycles. The van der Waals surface area contributed by atoms with Crippen LogP contribution in [0, 0.1) is 5.92 Å². The molecule has 0 radical (unpaired) electrons. The lowest BCUT2D eigenvalue weighted by atomic mass is 10.0. The molecule has 1 aromatic heterocycles. The van der Waals surface area contributed by atoms with Crippen LogP contribution >= 0.6 is 11.8 Å². The van der Waals surface area contributed by atoms with Crippen LogP contribution in [0.5, 0.6) is 0 Å². The number of thioether (sulfide) groups is 1. The molecule has 2 rings (SSSR count). The molecule has 0 spiro atoms. The van der Waals surface area contributed by atoms with Crippen LogP contribution < -0.4 is 16.6 Å². The molecule has 0 bridgehead atoms. The van der Waals surface area contributed by atoms with E-state index in [2.05, 4.69) is 20.7 Å². The first-order valence-corrected chi connectivity index (χ1v) is 7.25. The minimum absolute atomic E-state index is 0.556. The second-order valence-electron chi connectivity index (χ2n) is 4.23. The van der Waals surface area contributed by atoms with Crippen molar-refractivity contribution in [3.63, 3.8) is 0 Å². The van der Waals surface area contributed by atoms with Gasteiger partial charge in [-0.1, -0.05) is 11.8 Å². The van der Waals surface area contributed by atoms with Crippen molar-refractivity contribution in [1.29, 1.82) is 0 Å². The van der Waals surface area contributed by atoms with Crippen molar-refractivity contribution in [2.75, 3.05) is 36.8 Å². The summed E-state index contributed by atoms with van der Waals surface area (Å²) >= 11 is 1.49. The molecule has 4 N–H and O–H groups in total. The van der Waals surface area contributed by atoms with Gasteiger partial charge in [0.05, 0.1) is 6.61 Å². The molecule has 6 nitrogen and oxygen atoms in total. The average Bonchev–Trinajstić information content (AvgIpc) is 2.45. The molecule has 2 heterocycles. The third-order valence-corrected chi connectivity index (χ3v) is 3.41. The number of hydrogen-bond donors (Lipinski definition) is 3. The van der Waals surface area contributed by atoms with Crippen LogP contribution in [0.3, 0.4) is 0 Å². The van der Waals surface area contributed by atoms with Gasteiger partial charge >= 0.3 is 0 Å². The van der Waals surface area contributed by atoms with E-state index in [9.17, 15) is 0 Å². The quantitative estimate of drug-likeness (QED) is 0.322. The van der Waals surface area contributed by atoms with Gasteiger partial charge in [0.1, 0.15) is 11.6 Å². The third-order valence-electron chi connectivity index (χ3n) is 2.86. The smallest absolute Gasteiger partial charge is 0.191 e. The predicted molar refractivity (Wildman–Crippen MR) is 73.7 cm³/mol. The van der Waals surface area contributed by atoms with E-state index in [0.29, 0.717) is 16.9 Å². The summed E-state index contributed by atoms with van der Waals surface area (Å²) in [6.45, 7) is 2.59. The number of nitrogen functional groups attached to an aromatic ring is 1. The Hall–Kier alpha value is -1.05. The van der Waals surface area contributed by atoms with E-state index in [1.807, 2.05) is 12.3 Å². The maximum atomic E-state index is 5.45. The molecule has 1 aliphatic rings. The average molecular weight is 269 g/mol. The molecule has 18 heavy (non-hydrogen) atoms. The number of nitrogens with zero attached hydrogens (tertiary/aromatic N) is 2. The Morgan fingerprint density at radius 1 is 1.50 bits per heavy atom. The highest BCUT2D eigenvalue weighted by Crippen LogP contribution is 2.18. The van der Waals surface area contributed by atoms with Crippen molar-refractivity contribution in [1.82, 2.24) is 9.97 Å². The van der Waals surface area contributed by atoms with Crippen LogP contribution in [0.15, 0.2) is 11.2 Å². The van der Waals surface area contributed by atoms with Crippen molar-refractivity contribution >= 4 is 23.4 Å². The van der Waals surface area contributed by atoms with Gasteiger partial charge in [-0.3, -0.25) is 0 Å². The molecular formula is C11H19N5OS. The van der Waals surface area contributed by atoms with E-state index in [4.69, 9.17) is 10.6 Å². The molecule has 0 amide bonds. The van der Waals surface area contributed by atoms with Crippen LogP contribution in [0.25, 0.3) is 0 Å². The fourth-order valence-electron chi connectivity index (χ4n) is 1.90. The normalized spacial score (nSPS) is 19.6. The monoisotopic (exact) mass is 269 g/mol. The highest BCUT2D eigenvalue weighted by atomic mass is 32.2. The van der Waals surface area contributed by atoms with Crippen molar-refractivity contribution < 1.29 is 4.74 Å². The van der Waals surface area contributed by atoms with Crippen molar-refractivity contribution in [2.24, 2.45) is 11.8 Å². The predicted octanol–water partition coefficient (Wildman–Crippen LogP) is 1.32. The number of rotatable bonds is 5. The molecule has 0 saturated carbocycles. The Morgan fingerprint density at radius 3 is 3.00 bits per heavy atom. The Morgan fingerprint density at radius 2 is 2.33 bits per heavy atom. The summed E-state index contributed by atoms with van der Waals surface area (Å²) in [7, 11) is 0. The molecule has 0 aliphatic carbocycles. The van der Waals surface area contributed by atoms with Crippen molar-refractivity contribution in [3.8, 4) is 0 Å². The Balaban J connectivity index is 1.94. The van der Waals surface area contributed by atoms with Gasteiger partial charge in [-0.05, 0) is 25.0 Å². The van der Waals surface area contributed by atoms with Crippen molar-refractivity contribution in [2.45, 2.75) is 18.0 Å². The van der Waals surface area contributed by atoms with Crippen LogP contribution in [0.2, 0.25) is 0 Å². The fourth-order valence-corrected chi connectivity index (χ4v) is 2.28. The summed E-state index contributed by atoms with van der Waals surface area (Å²) in [4.78, 5) is 8.60. The molecule has 1 saturated heterocycles. The lowest BCUT2D eigenvalue weighted by Crippen LogP contribution is -2.24. The number of nitrogens with two attached hydrogens (primary N) is 1. The van der Waals surface area contributed by atoms with E-state index < -0.39 is 0 Å². The Labute approximate surface area is 111 Å². The largest absolute Gasteiger partial charge is 0.381 e. The van der Waals surface area contributed by atoms with Gasteiger partial charge in [-0.15, -0.1) is 0 Å². The molecule has 7 heteroatoms. The van der Waals surface area contributed by atoms with E-state index in [-0.39, 0.29) is 0 Å². The molecule has 1 unspecified atom stereocenters. The Bertz CT molecular complexity index is 361. The highest BCUT2D eigenvalue weighted by molar-refractivity contribution is 7.98. The number of hydrogen-bond acceptors (Lipinski definition) is 7. The van der Waals surface area contributed by atoms with Crippen LogP contribution in [-0.4, -0.2) is 36.0 Å². The van der Waals surface area contributed by atoms with Gasteiger partial charge < -0.3 is 15.5 Å². The second-order valence-corrected chi connectivity index (χ2v) is 5.01. The van der Waals surface area contributed by atoms with Crippen molar-refractivity contribution in [3.05, 3.63) is 6.07 Å². The van der Waals surface area contributed by atoms with Gasteiger partial charge in [0.2, 0.25) is 0 Å². The minimum Gasteiger partial charge on any atom is -0.381 e. The molecule has 100 valence electrons. The first kappa shape index (κ1) is 13.4. The number of hydrazine groups is 1. The van der Waals surface area contributed by atoms with Gasteiger partial charge in [0, 0.05) is 19.2 Å². The lowest BCUT2D eigenvalue weighted by molar-refractivity contribution is 0.0595. The minimum atomic E-state index is 0.556. The van der Waals surface area contributed by atoms with Crippen LogP contribution in [0.4, 0.5) is 11.6 Å². The van der Waals surface area contributed by atoms with Gasteiger partial charge in [-0.25, -0.2) is 15.8 Å². The second kappa shape index (κ2) is 6.77. The lowest BCUT2D eigenvalue weighted by Gasteiger charge is -2.22. The summed E-state index contributed by atoms with van der Waals surface area (Å²) in [5.74, 6) is 7.36. The zero-order valence-corrected chi connectivity index (χ0v) is 11.3. The maximum absolute atomic E-state index is 5.45. The standard InChI is InChI=1S/C11H19N5OS/c1-18-11-14-9(5-10(15-11)16-12)13-6-8-3-2-4-17-7-8/h5,8H,2-4,6-7,12H2,1H3,(H2,13,14,15,16). The molecule has 1 aromatic rings. The topological polar surface area (TPSA) is 85.1 Å². The summed E-state index contributed by atoms with van der Waals surface area (Å²) in [5.41, 5.74) is 2.55. The third kappa shape index (κ3) is 3.72.